The minimum atomic E-state index is -0.485. The summed E-state index contributed by atoms with van der Waals surface area (Å²) in [5, 5.41) is 8.43. The first kappa shape index (κ1) is 36.1. The number of fused-ring (bicyclic) bond motifs is 1. The number of nitrogens with one attached hydrogen (secondary N) is 1. The van der Waals surface area contributed by atoms with Gasteiger partial charge in [0.15, 0.2) is 17.4 Å². The number of halogens is 2. The van der Waals surface area contributed by atoms with Crippen LogP contribution in [0.4, 0.5) is 14.6 Å². The summed E-state index contributed by atoms with van der Waals surface area (Å²) in [6.45, 7) is 5.40. The van der Waals surface area contributed by atoms with Crippen molar-refractivity contribution in [1.29, 1.82) is 0 Å². The zero-order chi connectivity index (χ0) is 37.9. The van der Waals surface area contributed by atoms with Crippen molar-refractivity contribution in [1.82, 2.24) is 39.7 Å². The second kappa shape index (κ2) is 15.8. The van der Waals surface area contributed by atoms with Gasteiger partial charge in [0, 0.05) is 90.0 Å². The lowest BCUT2D eigenvalue weighted by molar-refractivity contribution is -0.131. The number of nitrogens with zero attached hydrogens (tertiary/aromatic N) is 8. The lowest BCUT2D eigenvalue weighted by atomic mass is 9.90. The molecule has 0 aliphatic carbocycles. The summed E-state index contributed by atoms with van der Waals surface area (Å²) in [5.41, 5.74) is 4.99. The molecule has 2 aromatic carbocycles. The van der Waals surface area contributed by atoms with Crippen LogP contribution in [0.1, 0.15) is 47.9 Å². The number of benzene rings is 2. The number of carbonyl (C=O) groups excluding carboxylic acids is 2. The van der Waals surface area contributed by atoms with Crippen molar-refractivity contribution in [3.05, 3.63) is 113 Å². The van der Waals surface area contributed by atoms with Gasteiger partial charge in [-0.25, -0.2) is 13.8 Å². The molecule has 3 aliphatic heterocycles. The first-order valence-electron chi connectivity index (χ1n) is 18.7. The zero-order valence-corrected chi connectivity index (χ0v) is 30.8. The highest BCUT2D eigenvalue weighted by molar-refractivity contribution is 6.03. The molecule has 0 unspecified atom stereocenters. The Hall–Kier alpha value is -5.89. The number of amides is 2. The van der Waals surface area contributed by atoms with Gasteiger partial charge in [-0.15, -0.1) is 5.10 Å². The van der Waals surface area contributed by atoms with Crippen molar-refractivity contribution >= 4 is 39.7 Å². The highest BCUT2D eigenvalue weighted by Crippen LogP contribution is 2.37. The predicted molar refractivity (Wildman–Crippen MR) is 207 cm³/mol. The maximum atomic E-state index is 16.8. The third kappa shape index (κ3) is 7.72. The van der Waals surface area contributed by atoms with Crippen molar-refractivity contribution < 1.29 is 24.5 Å². The van der Waals surface area contributed by atoms with E-state index in [1.54, 1.807) is 32.9 Å². The van der Waals surface area contributed by atoms with E-state index in [9.17, 15) is 14.0 Å². The van der Waals surface area contributed by atoms with E-state index < -0.39 is 11.6 Å². The van der Waals surface area contributed by atoms with E-state index in [0.29, 0.717) is 73.9 Å². The smallest absolute Gasteiger partial charge is 0.270 e. The molecule has 3 aliphatic rings. The maximum Gasteiger partial charge on any atom is 0.270 e. The Kier molecular flexibility index (Phi) is 10.4. The van der Waals surface area contributed by atoms with E-state index in [4.69, 9.17) is 4.74 Å². The zero-order valence-electron chi connectivity index (χ0n) is 30.8. The number of carbonyl (C=O) groups is 2. The summed E-state index contributed by atoms with van der Waals surface area (Å²) in [5.74, 6) is -0.325. The van der Waals surface area contributed by atoms with Gasteiger partial charge in [-0.1, -0.05) is 47.7 Å². The monoisotopic (exact) mass is 749 g/mol. The van der Waals surface area contributed by atoms with Crippen LogP contribution >= 0.6 is 0 Å². The second-order valence-corrected chi connectivity index (χ2v) is 14.2. The molecule has 14 heteroatoms. The Morgan fingerprint density at radius 1 is 0.945 bits per heavy atom. The number of hydrogen-bond acceptors (Lipinski definition) is 8. The van der Waals surface area contributed by atoms with Crippen molar-refractivity contribution in [3.8, 4) is 5.75 Å². The van der Waals surface area contributed by atoms with Crippen LogP contribution in [0.2, 0.25) is 0 Å². The molecule has 1 saturated heterocycles. The SMILES string of the molecule is COc1cc(F)cnc1N1CCN(C(=O)c2cc3c(C4=CCN(Cc5ccccc5)CC4)cc(C4=CCCN(C(=O)CCn5ccnn5)C4)c(F)c3[nH]2)CC1.[HH]. The van der Waals surface area contributed by atoms with Gasteiger partial charge in [0.25, 0.3) is 5.91 Å². The summed E-state index contributed by atoms with van der Waals surface area (Å²) in [4.78, 5) is 42.6. The molecule has 8 rings (SSSR count). The summed E-state index contributed by atoms with van der Waals surface area (Å²) in [6, 6.07) is 15.4. The average Bonchev–Trinajstić information content (AvgIpc) is 3.92. The Bertz CT molecular complexity index is 2250. The number of anilines is 1. The fourth-order valence-corrected chi connectivity index (χ4v) is 7.78. The fourth-order valence-electron chi connectivity index (χ4n) is 7.78. The number of aromatic nitrogens is 5. The van der Waals surface area contributed by atoms with Crippen LogP contribution in [0.15, 0.2) is 79.3 Å². The van der Waals surface area contributed by atoms with Crippen LogP contribution in [0.25, 0.3) is 22.0 Å². The molecular weight excluding hydrogens is 705 g/mol. The van der Waals surface area contributed by atoms with Crippen molar-refractivity contribution in [3.63, 3.8) is 0 Å². The van der Waals surface area contributed by atoms with E-state index in [1.807, 2.05) is 35.2 Å². The number of methoxy groups -OCH3 is 1. The van der Waals surface area contributed by atoms with Gasteiger partial charge in [-0.05, 0) is 47.2 Å². The number of H-pyrrole nitrogens is 1. The Balaban J connectivity index is 0.00000480. The van der Waals surface area contributed by atoms with Gasteiger partial charge >= 0.3 is 0 Å². The largest absolute Gasteiger partial charge is 0.493 e. The number of pyridine rings is 1. The van der Waals surface area contributed by atoms with Gasteiger partial charge in [-0.2, -0.15) is 0 Å². The van der Waals surface area contributed by atoms with E-state index in [2.05, 4.69) is 43.4 Å². The van der Waals surface area contributed by atoms with Crippen LogP contribution < -0.4 is 9.64 Å². The van der Waals surface area contributed by atoms with Crippen LogP contribution in [0.3, 0.4) is 0 Å². The molecule has 3 aromatic heterocycles. The first-order valence-corrected chi connectivity index (χ1v) is 18.7. The lowest BCUT2D eigenvalue weighted by Gasteiger charge is -2.35. The number of aromatic amines is 1. The van der Waals surface area contributed by atoms with Crippen molar-refractivity contribution in [2.24, 2.45) is 0 Å². The molecule has 0 radical (unpaired) electrons. The van der Waals surface area contributed by atoms with Crippen LogP contribution in [-0.4, -0.2) is 111 Å². The van der Waals surface area contributed by atoms with E-state index in [-0.39, 0.29) is 31.7 Å². The Labute approximate surface area is 319 Å². The van der Waals surface area contributed by atoms with Gasteiger partial charge in [0.05, 0.1) is 31.6 Å². The predicted octanol–water partition coefficient (Wildman–Crippen LogP) is 5.64. The molecule has 0 atom stereocenters. The Morgan fingerprint density at radius 3 is 2.53 bits per heavy atom. The van der Waals surface area contributed by atoms with E-state index >= 15 is 4.39 Å². The van der Waals surface area contributed by atoms with Crippen molar-refractivity contribution in [2.45, 2.75) is 32.4 Å². The third-order valence-corrected chi connectivity index (χ3v) is 10.7. The lowest BCUT2D eigenvalue weighted by Crippen LogP contribution is -2.49. The minimum Gasteiger partial charge on any atom is -0.493 e. The topological polar surface area (TPSA) is 116 Å². The molecule has 5 aromatic rings. The molecule has 12 nitrogen and oxygen atoms in total. The molecule has 2 amide bonds. The minimum absolute atomic E-state index is 0. The average molecular weight is 750 g/mol. The number of aryl methyl sites for hydroxylation is 1. The highest BCUT2D eigenvalue weighted by Gasteiger charge is 2.29. The van der Waals surface area contributed by atoms with E-state index in [1.165, 1.54) is 18.7 Å². The number of piperazine rings is 1. The molecule has 6 heterocycles. The number of ether oxygens (including phenoxy) is 1. The first-order chi connectivity index (χ1) is 26.8. The third-order valence-electron chi connectivity index (χ3n) is 10.7. The summed E-state index contributed by atoms with van der Waals surface area (Å²) in [7, 11) is 1.47. The summed E-state index contributed by atoms with van der Waals surface area (Å²) >= 11 is 0. The molecule has 1 fully saturated rings. The molecule has 0 spiro atoms. The molecule has 1 N–H and O–H groups in total. The fraction of sp³-hybridized carbons (Fsp3) is 0.341. The van der Waals surface area contributed by atoms with Gasteiger partial charge in [0.2, 0.25) is 5.91 Å². The standard InChI is InChI=1S/C41H43F2N9O3.H2/c1-55-36-22-31(42)25-44-40(36)49-18-20-50(21-19-49)41(54)35-24-34-32(29-9-14-48(15-10-29)26-28-6-3-2-4-7-28)23-33(38(43)39(34)46-35)30-8-5-13-51(27-30)37(53)11-16-52-17-12-45-47-52;/h2-4,6-9,12,17,22-25,46H,5,10-11,13-16,18-21,26-27H2,1H3;1H. The van der Waals surface area contributed by atoms with Gasteiger partial charge in [0.1, 0.15) is 11.5 Å². The highest BCUT2D eigenvalue weighted by atomic mass is 19.1. The Morgan fingerprint density at radius 2 is 1.78 bits per heavy atom. The molecule has 0 saturated carbocycles. The molecule has 0 bridgehead atoms. The molecule has 55 heavy (non-hydrogen) atoms. The molecule has 286 valence electrons. The van der Waals surface area contributed by atoms with Crippen LogP contribution in [0, 0.1) is 11.6 Å². The quantitative estimate of drug-likeness (QED) is 0.195. The van der Waals surface area contributed by atoms with Gasteiger partial charge < -0.3 is 24.4 Å². The number of rotatable bonds is 10. The van der Waals surface area contributed by atoms with E-state index in [0.717, 1.165) is 49.0 Å². The molecular formula is C41H45F2N9O3. The van der Waals surface area contributed by atoms with Crippen LogP contribution in [-0.2, 0) is 17.9 Å². The second-order valence-electron chi connectivity index (χ2n) is 14.2. The summed E-state index contributed by atoms with van der Waals surface area (Å²) in [6.07, 6.45) is 10.3. The maximum absolute atomic E-state index is 16.8. The number of hydrogen-bond donors (Lipinski definition) is 1. The van der Waals surface area contributed by atoms with Gasteiger partial charge in [-0.3, -0.25) is 19.2 Å². The summed E-state index contributed by atoms with van der Waals surface area (Å²) < 4.78 is 37.6. The van der Waals surface area contributed by atoms with Crippen LogP contribution in [0.5, 0.6) is 5.75 Å². The normalized spacial score (nSPS) is 16.7. The van der Waals surface area contributed by atoms with Crippen molar-refractivity contribution in [2.75, 3.05) is 64.4 Å².